The highest BCUT2D eigenvalue weighted by Gasteiger charge is 2.31. The summed E-state index contributed by atoms with van der Waals surface area (Å²) in [4.78, 5) is 26.2. The van der Waals surface area contributed by atoms with Gasteiger partial charge >= 0.3 is 5.97 Å². The number of nitriles is 1. The lowest BCUT2D eigenvalue weighted by atomic mass is 9.86. The summed E-state index contributed by atoms with van der Waals surface area (Å²) in [5, 5.41) is 13.0. The Hall–Kier alpha value is -2.45. The molecule has 1 amide bonds. The van der Waals surface area contributed by atoms with Crippen LogP contribution in [0.25, 0.3) is 0 Å². The molecule has 0 radical (unpaired) electrons. The van der Waals surface area contributed by atoms with Gasteiger partial charge in [0.1, 0.15) is 11.1 Å². The molecule has 1 atom stereocenters. The lowest BCUT2D eigenvalue weighted by Gasteiger charge is -2.20. The molecule has 1 heterocycles. The largest absolute Gasteiger partial charge is 0.466 e. The average Bonchev–Trinajstić information content (AvgIpc) is 3.15. The zero-order valence-corrected chi connectivity index (χ0v) is 21.6. The smallest absolute Gasteiger partial charge is 0.309 e. The van der Waals surface area contributed by atoms with Crippen molar-refractivity contribution in [2.75, 3.05) is 25.0 Å². The molecule has 0 aliphatic heterocycles. The number of rotatable bonds is 8. The fraction of sp³-hybridized carbons (Fsp3) is 0.435. The van der Waals surface area contributed by atoms with Crippen LogP contribution in [0.5, 0.6) is 0 Å². The highest BCUT2D eigenvalue weighted by molar-refractivity contribution is 7.89. The van der Waals surface area contributed by atoms with E-state index in [1.165, 1.54) is 33.8 Å². The van der Waals surface area contributed by atoms with Crippen LogP contribution >= 0.6 is 22.9 Å². The predicted octanol–water partition coefficient (Wildman–Crippen LogP) is 4.22. The minimum absolute atomic E-state index is 0.00504. The number of anilines is 1. The van der Waals surface area contributed by atoms with E-state index in [9.17, 15) is 23.3 Å². The molecule has 182 valence electrons. The van der Waals surface area contributed by atoms with Gasteiger partial charge in [-0.25, -0.2) is 8.42 Å². The number of aryl methyl sites for hydroxylation is 1. The van der Waals surface area contributed by atoms with Gasteiger partial charge < -0.3 is 10.1 Å². The quantitative estimate of drug-likeness (QED) is 0.518. The van der Waals surface area contributed by atoms with E-state index in [1.807, 2.05) is 0 Å². The summed E-state index contributed by atoms with van der Waals surface area (Å²) in [6, 6.07) is 6.14. The maximum Gasteiger partial charge on any atom is 0.309 e. The van der Waals surface area contributed by atoms with Crippen molar-refractivity contribution < 1.29 is 22.7 Å². The van der Waals surface area contributed by atoms with Gasteiger partial charge in [0.25, 0.3) is 5.91 Å². The summed E-state index contributed by atoms with van der Waals surface area (Å²) >= 11 is 7.52. The minimum Gasteiger partial charge on any atom is -0.466 e. The number of benzene rings is 1. The van der Waals surface area contributed by atoms with Crippen molar-refractivity contribution in [2.24, 2.45) is 5.92 Å². The Bertz CT molecular complexity index is 1250. The third-order valence-electron chi connectivity index (χ3n) is 5.75. The molecule has 1 aromatic heterocycles. The number of nitrogens with one attached hydrogen (secondary N) is 1. The number of carbonyl (C=O) groups is 2. The number of hydrogen-bond donors (Lipinski definition) is 1. The molecule has 1 aliphatic carbocycles. The zero-order valence-electron chi connectivity index (χ0n) is 19.2. The molecule has 3 rings (SSSR count). The maximum absolute atomic E-state index is 13.1. The average molecular weight is 524 g/mol. The van der Waals surface area contributed by atoms with Crippen molar-refractivity contribution in [3.05, 3.63) is 44.8 Å². The summed E-state index contributed by atoms with van der Waals surface area (Å²) in [6.07, 6.45) is 1.59. The molecule has 0 saturated carbocycles. The van der Waals surface area contributed by atoms with Gasteiger partial charge in [-0.05, 0) is 49.9 Å². The number of sulfonamides is 1. The van der Waals surface area contributed by atoms with E-state index in [4.69, 9.17) is 16.3 Å². The van der Waals surface area contributed by atoms with Crippen molar-refractivity contribution in [2.45, 2.75) is 44.9 Å². The van der Waals surface area contributed by atoms with Crippen molar-refractivity contribution in [1.29, 1.82) is 5.26 Å². The normalized spacial score (nSPS) is 15.5. The molecule has 0 bridgehead atoms. The number of amides is 1. The standard InChI is InChI=1S/C23H26ClN3O5S2/c1-4-27(5-2)34(30,31)15-8-9-19(24)17(12-15)21(28)26-22-18(13-25)16-11-14(23(29)32-6-3)7-10-20(16)33-22/h8-9,12,14H,4-7,10-11H2,1-3H3,(H,26,28). The number of fused-ring (bicyclic) bond motifs is 1. The lowest BCUT2D eigenvalue weighted by Crippen LogP contribution is -2.30. The SMILES string of the molecule is CCOC(=O)C1CCc2sc(NC(=O)c3cc(S(=O)(=O)N(CC)CC)ccc3Cl)c(C#N)c2C1. The zero-order chi connectivity index (χ0) is 25.0. The number of nitrogens with zero attached hydrogens (tertiary/aromatic N) is 2. The predicted molar refractivity (Wildman–Crippen MR) is 131 cm³/mol. The fourth-order valence-electron chi connectivity index (χ4n) is 3.97. The molecule has 1 aromatic carbocycles. The van der Waals surface area contributed by atoms with Crippen LogP contribution < -0.4 is 5.32 Å². The van der Waals surface area contributed by atoms with Crippen molar-refractivity contribution in [1.82, 2.24) is 4.31 Å². The summed E-state index contributed by atoms with van der Waals surface area (Å²) < 4.78 is 32.2. The van der Waals surface area contributed by atoms with Crippen LogP contribution in [0.2, 0.25) is 5.02 Å². The van der Waals surface area contributed by atoms with Gasteiger partial charge in [0.2, 0.25) is 10.0 Å². The molecule has 1 N–H and O–H groups in total. The van der Waals surface area contributed by atoms with E-state index >= 15 is 0 Å². The van der Waals surface area contributed by atoms with E-state index in [0.29, 0.717) is 49.5 Å². The van der Waals surface area contributed by atoms with E-state index in [2.05, 4.69) is 11.4 Å². The Balaban J connectivity index is 1.90. The van der Waals surface area contributed by atoms with Gasteiger partial charge in [-0.1, -0.05) is 25.4 Å². The lowest BCUT2D eigenvalue weighted by molar-refractivity contribution is -0.148. The Labute approximate surface area is 208 Å². The van der Waals surface area contributed by atoms with Crippen LogP contribution in [-0.2, 0) is 32.4 Å². The maximum atomic E-state index is 13.1. The van der Waals surface area contributed by atoms with Crippen LogP contribution in [0.15, 0.2) is 23.1 Å². The number of carbonyl (C=O) groups excluding carboxylic acids is 2. The monoisotopic (exact) mass is 523 g/mol. The van der Waals surface area contributed by atoms with E-state index < -0.39 is 15.9 Å². The van der Waals surface area contributed by atoms with Gasteiger partial charge in [0, 0.05) is 18.0 Å². The topological polar surface area (TPSA) is 117 Å². The Morgan fingerprint density at radius 3 is 2.62 bits per heavy atom. The minimum atomic E-state index is -3.78. The van der Waals surface area contributed by atoms with Crippen LogP contribution in [0, 0.1) is 17.2 Å². The first kappa shape index (κ1) is 26.2. The highest BCUT2D eigenvalue weighted by atomic mass is 35.5. The first-order valence-electron chi connectivity index (χ1n) is 11.0. The molecule has 8 nitrogen and oxygen atoms in total. The van der Waals surface area contributed by atoms with Crippen LogP contribution in [0.4, 0.5) is 5.00 Å². The summed E-state index contributed by atoms with van der Waals surface area (Å²) in [5.41, 5.74) is 1.05. The van der Waals surface area contributed by atoms with Crippen LogP contribution in [0.1, 0.15) is 53.6 Å². The van der Waals surface area contributed by atoms with E-state index in [0.717, 1.165) is 10.4 Å². The summed E-state index contributed by atoms with van der Waals surface area (Å²) in [7, 11) is -3.78. The van der Waals surface area contributed by atoms with Crippen molar-refractivity contribution >= 4 is 49.8 Å². The summed E-state index contributed by atoms with van der Waals surface area (Å²) in [6.45, 7) is 6.10. The molecule has 1 aliphatic rings. The van der Waals surface area contributed by atoms with Gasteiger partial charge in [0.05, 0.1) is 33.6 Å². The third kappa shape index (κ3) is 5.13. The van der Waals surface area contributed by atoms with Gasteiger partial charge in [0.15, 0.2) is 0 Å². The second-order valence-electron chi connectivity index (χ2n) is 7.70. The number of thiophene rings is 1. The van der Waals surface area contributed by atoms with Gasteiger partial charge in [-0.15, -0.1) is 11.3 Å². The van der Waals surface area contributed by atoms with Crippen molar-refractivity contribution in [3.63, 3.8) is 0 Å². The highest BCUT2D eigenvalue weighted by Crippen LogP contribution is 2.40. The van der Waals surface area contributed by atoms with Gasteiger partial charge in [-0.2, -0.15) is 9.57 Å². The van der Waals surface area contributed by atoms with Crippen LogP contribution in [-0.4, -0.2) is 44.3 Å². The Kier molecular flexibility index (Phi) is 8.36. The molecule has 0 fully saturated rings. The second-order valence-corrected chi connectivity index (χ2v) is 11.1. The molecule has 1 unspecified atom stereocenters. The molecular formula is C23H26ClN3O5S2. The molecule has 0 saturated heterocycles. The first-order chi connectivity index (χ1) is 16.2. The number of ether oxygens (including phenoxy) is 1. The van der Waals surface area contributed by atoms with Crippen LogP contribution in [0.3, 0.4) is 0 Å². The molecule has 2 aromatic rings. The first-order valence-corrected chi connectivity index (χ1v) is 13.6. The number of halogens is 1. The molecule has 11 heteroatoms. The molecule has 34 heavy (non-hydrogen) atoms. The van der Waals surface area contributed by atoms with E-state index in [-0.39, 0.29) is 27.4 Å². The van der Waals surface area contributed by atoms with Crippen molar-refractivity contribution in [3.8, 4) is 6.07 Å². The van der Waals surface area contributed by atoms with Gasteiger partial charge in [-0.3, -0.25) is 9.59 Å². The number of esters is 1. The fourth-order valence-corrected chi connectivity index (χ4v) is 6.85. The van der Waals surface area contributed by atoms with E-state index in [1.54, 1.807) is 20.8 Å². The second kappa shape index (κ2) is 10.9. The Morgan fingerprint density at radius 2 is 2.00 bits per heavy atom. The molecular weight excluding hydrogens is 498 g/mol. The number of hydrogen-bond acceptors (Lipinski definition) is 7. The Morgan fingerprint density at radius 1 is 1.29 bits per heavy atom. The third-order valence-corrected chi connectivity index (χ3v) is 9.33. The summed E-state index contributed by atoms with van der Waals surface area (Å²) in [5.74, 6) is -1.22. The molecule has 0 spiro atoms.